The number of hydrogen-bond donors (Lipinski definition) is 2. The summed E-state index contributed by atoms with van der Waals surface area (Å²) in [6.07, 6.45) is 1.84. The third-order valence-corrected chi connectivity index (χ3v) is 7.82. The van der Waals surface area contributed by atoms with Crippen molar-refractivity contribution in [3.63, 3.8) is 0 Å². The number of amides is 1. The molecule has 0 atom stereocenters. The summed E-state index contributed by atoms with van der Waals surface area (Å²) in [5.41, 5.74) is 0.953. The smallest absolute Gasteiger partial charge is 0.245 e. The molecule has 32 heavy (non-hydrogen) atoms. The molecule has 170 valence electrons. The lowest BCUT2D eigenvalue weighted by molar-refractivity contribution is -0.121. The number of nitrogens with zero attached hydrogens (tertiary/aromatic N) is 3. The van der Waals surface area contributed by atoms with Crippen molar-refractivity contribution >= 4 is 50.9 Å². The van der Waals surface area contributed by atoms with Crippen LogP contribution in [-0.2, 0) is 21.2 Å². The van der Waals surface area contributed by atoms with E-state index in [4.69, 9.17) is 23.2 Å². The van der Waals surface area contributed by atoms with Gasteiger partial charge >= 0.3 is 0 Å². The van der Waals surface area contributed by atoms with Gasteiger partial charge in [-0.25, -0.2) is 13.4 Å². The van der Waals surface area contributed by atoms with Crippen LogP contribution in [-0.4, -0.2) is 59.2 Å². The van der Waals surface area contributed by atoms with Gasteiger partial charge in [0.25, 0.3) is 0 Å². The molecule has 3 aromatic rings. The molecule has 0 fully saturated rings. The molecule has 8 nitrogen and oxygen atoms in total. The third kappa shape index (κ3) is 6.94. The summed E-state index contributed by atoms with van der Waals surface area (Å²) in [6.45, 7) is 0.106. The minimum Gasteiger partial charge on any atom is -0.354 e. The van der Waals surface area contributed by atoms with E-state index in [1.807, 2.05) is 30.3 Å². The molecule has 1 amide bonds. The molecule has 0 radical (unpaired) electrons. The summed E-state index contributed by atoms with van der Waals surface area (Å²) in [5.74, 6) is 0.135. The Bertz CT molecular complexity index is 1130. The van der Waals surface area contributed by atoms with Gasteiger partial charge in [-0.05, 0) is 30.2 Å². The molecule has 1 heterocycles. The highest BCUT2D eigenvalue weighted by Gasteiger charge is 2.28. The van der Waals surface area contributed by atoms with Crippen molar-refractivity contribution < 1.29 is 13.2 Å². The molecule has 1 aromatic heterocycles. The number of aromatic nitrogens is 3. The quantitative estimate of drug-likeness (QED) is 0.301. The number of carbonyl (C=O) groups is 1. The highest BCUT2D eigenvalue weighted by atomic mass is 35.5. The second kappa shape index (κ2) is 11.7. The van der Waals surface area contributed by atoms with E-state index in [1.54, 1.807) is 0 Å². The van der Waals surface area contributed by atoms with E-state index < -0.39 is 15.9 Å². The maximum absolute atomic E-state index is 13.3. The van der Waals surface area contributed by atoms with Gasteiger partial charge in [-0.2, -0.15) is 9.40 Å². The van der Waals surface area contributed by atoms with Crippen molar-refractivity contribution in [1.29, 1.82) is 0 Å². The molecule has 0 aliphatic carbocycles. The average molecular weight is 514 g/mol. The molecule has 0 spiro atoms. The first-order valence-electron chi connectivity index (χ1n) is 9.60. The number of sulfonamides is 1. The maximum Gasteiger partial charge on any atom is 0.245 e. The zero-order valence-corrected chi connectivity index (χ0v) is 20.0. The van der Waals surface area contributed by atoms with E-state index in [0.717, 1.165) is 9.87 Å². The molecular formula is C20H21Cl2N5O3S2. The first-order chi connectivity index (χ1) is 15.4. The second-order valence-corrected chi connectivity index (χ2v) is 10.5. The first kappa shape index (κ1) is 24.5. The third-order valence-electron chi connectivity index (χ3n) is 4.38. The largest absolute Gasteiger partial charge is 0.354 e. The van der Waals surface area contributed by atoms with Crippen LogP contribution in [0.4, 0.5) is 0 Å². The molecule has 3 rings (SSSR count). The average Bonchev–Trinajstić information content (AvgIpc) is 3.30. The Morgan fingerprint density at radius 1 is 1.16 bits per heavy atom. The van der Waals surface area contributed by atoms with Gasteiger partial charge in [-0.1, -0.05) is 65.3 Å². The van der Waals surface area contributed by atoms with Gasteiger partial charge in [0.15, 0.2) is 5.16 Å². The lowest BCUT2D eigenvalue weighted by atomic mass is 10.1. The fourth-order valence-electron chi connectivity index (χ4n) is 2.81. The highest BCUT2D eigenvalue weighted by molar-refractivity contribution is 7.99. The number of aromatic amines is 1. The maximum atomic E-state index is 13.3. The second-order valence-electron chi connectivity index (χ2n) is 6.64. The molecule has 2 aromatic carbocycles. The van der Waals surface area contributed by atoms with E-state index in [2.05, 4.69) is 20.5 Å². The van der Waals surface area contributed by atoms with Gasteiger partial charge < -0.3 is 5.32 Å². The Kier molecular flexibility index (Phi) is 8.94. The van der Waals surface area contributed by atoms with Crippen LogP contribution in [0.5, 0.6) is 0 Å². The topological polar surface area (TPSA) is 108 Å². The van der Waals surface area contributed by atoms with Crippen molar-refractivity contribution in [2.45, 2.75) is 16.5 Å². The van der Waals surface area contributed by atoms with Crippen molar-refractivity contribution in [3.05, 3.63) is 70.5 Å². The zero-order valence-electron chi connectivity index (χ0n) is 16.9. The Labute approximate surface area is 200 Å². The van der Waals surface area contributed by atoms with Crippen molar-refractivity contribution in [3.8, 4) is 0 Å². The fraction of sp³-hybridized carbons (Fsp3) is 0.250. The van der Waals surface area contributed by atoms with E-state index >= 15 is 0 Å². The number of rotatable bonds is 11. The van der Waals surface area contributed by atoms with Crippen LogP contribution in [0.2, 0.25) is 10.0 Å². The molecule has 2 N–H and O–H groups in total. The molecule has 0 aliphatic rings. The Balaban J connectivity index is 1.69. The van der Waals surface area contributed by atoms with Crippen LogP contribution in [0.25, 0.3) is 0 Å². The van der Waals surface area contributed by atoms with Crippen LogP contribution < -0.4 is 5.32 Å². The van der Waals surface area contributed by atoms with Crippen molar-refractivity contribution in [2.75, 3.05) is 25.4 Å². The minimum atomic E-state index is -4.06. The van der Waals surface area contributed by atoms with Crippen molar-refractivity contribution in [2.24, 2.45) is 0 Å². The minimum absolute atomic E-state index is 0.0444. The molecule has 0 saturated heterocycles. The Morgan fingerprint density at radius 2 is 1.94 bits per heavy atom. The van der Waals surface area contributed by atoms with Crippen LogP contribution in [0, 0.1) is 0 Å². The number of carbonyl (C=O) groups excluding carboxylic acids is 1. The van der Waals surface area contributed by atoms with Gasteiger partial charge in [-0.3, -0.25) is 9.89 Å². The summed E-state index contributed by atoms with van der Waals surface area (Å²) in [5, 5.41) is 10.1. The number of hydrogen-bond acceptors (Lipinski definition) is 6. The lowest BCUT2D eigenvalue weighted by Crippen LogP contribution is -2.42. The SMILES string of the molecule is O=C(CN(CCc1ccccc1)S(=O)(=O)c1cc(Cl)ccc1Cl)NCCSc1ncn[nH]1. The van der Waals surface area contributed by atoms with Gasteiger partial charge in [0.1, 0.15) is 11.2 Å². The molecule has 0 unspecified atom stereocenters. The monoisotopic (exact) mass is 513 g/mol. The van der Waals surface area contributed by atoms with Crippen LogP contribution in [0.1, 0.15) is 5.56 Å². The van der Waals surface area contributed by atoms with Gasteiger partial charge in [0.2, 0.25) is 15.9 Å². The number of H-pyrrole nitrogens is 1. The number of benzene rings is 2. The normalized spacial score (nSPS) is 11.6. The first-order valence-corrected chi connectivity index (χ1v) is 12.8. The standard InChI is InChI=1S/C20H21Cl2N5O3S2/c21-16-6-7-17(22)18(12-16)32(29,30)27(10-8-15-4-2-1-3-5-15)13-19(28)23-9-11-31-20-24-14-25-26-20/h1-7,12,14H,8-11,13H2,(H,23,28)(H,24,25,26). The number of halogens is 2. The fourth-order valence-corrected chi connectivity index (χ4v) is 5.59. The predicted molar refractivity (Wildman–Crippen MR) is 125 cm³/mol. The van der Waals surface area contributed by atoms with Gasteiger partial charge in [0.05, 0.1) is 11.6 Å². The molecule has 0 saturated carbocycles. The summed E-state index contributed by atoms with van der Waals surface area (Å²) < 4.78 is 27.8. The van der Waals surface area contributed by atoms with E-state index in [9.17, 15) is 13.2 Å². The van der Waals surface area contributed by atoms with Crippen LogP contribution in [0.15, 0.2) is 64.9 Å². The molecule has 0 bridgehead atoms. The van der Waals surface area contributed by atoms with E-state index in [1.165, 1.54) is 36.3 Å². The highest BCUT2D eigenvalue weighted by Crippen LogP contribution is 2.28. The summed E-state index contributed by atoms with van der Waals surface area (Å²) in [6, 6.07) is 13.7. The molecule has 0 aliphatic heterocycles. The molecule has 12 heteroatoms. The Morgan fingerprint density at radius 3 is 2.66 bits per heavy atom. The van der Waals surface area contributed by atoms with Crippen LogP contribution in [0.3, 0.4) is 0 Å². The Hall–Kier alpha value is -2.11. The summed E-state index contributed by atoms with van der Waals surface area (Å²) in [7, 11) is -4.06. The zero-order chi connectivity index (χ0) is 23.0. The lowest BCUT2D eigenvalue weighted by Gasteiger charge is -2.22. The number of nitrogens with one attached hydrogen (secondary N) is 2. The van der Waals surface area contributed by atoms with E-state index in [0.29, 0.717) is 23.9 Å². The summed E-state index contributed by atoms with van der Waals surface area (Å²) >= 11 is 13.5. The number of thioether (sulfide) groups is 1. The molecular weight excluding hydrogens is 493 g/mol. The van der Waals surface area contributed by atoms with Crippen molar-refractivity contribution in [1.82, 2.24) is 24.8 Å². The predicted octanol–water partition coefficient (Wildman–Crippen LogP) is 3.25. The van der Waals surface area contributed by atoms with E-state index in [-0.39, 0.29) is 28.0 Å². The van der Waals surface area contributed by atoms with Crippen LogP contribution >= 0.6 is 35.0 Å². The van der Waals surface area contributed by atoms with Gasteiger partial charge in [0, 0.05) is 23.9 Å². The van der Waals surface area contributed by atoms with Gasteiger partial charge in [-0.15, -0.1) is 0 Å². The summed E-state index contributed by atoms with van der Waals surface area (Å²) in [4.78, 5) is 16.4.